The van der Waals surface area contributed by atoms with Crippen LogP contribution >= 0.6 is 0 Å². The van der Waals surface area contributed by atoms with Crippen LogP contribution in [-0.4, -0.2) is 48.7 Å². The molecule has 1 unspecified atom stereocenters. The fraction of sp³-hybridized carbons (Fsp3) is 0.800. The highest BCUT2D eigenvalue weighted by Crippen LogP contribution is 2.05. The Balaban J connectivity index is 4.09. The van der Waals surface area contributed by atoms with Crippen molar-refractivity contribution < 1.29 is 19.4 Å². The summed E-state index contributed by atoms with van der Waals surface area (Å²) < 4.78 is 4.91. The minimum absolute atomic E-state index is 0.116. The molecule has 0 aromatic rings. The number of carboxylic acids is 1. The van der Waals surface area contributed by atoms with Crippen molar-refractivity contribution >= 4 is 11.9 Å². The first-order chi connectivity index (χ1) is 7.01. The number of aliphatic carboxylic acids is 1. The van der Waals surface area contributed by atoms with Crippen LogP contribution in [0.2, 0.25) is 0 Å². The van der Waals surface area contributed by atoms with Crippen molar-refractivity contribution in [2.45, 2.75) is 20.3 Å². The molecule has 1 atom stereocenters. The molecular weight excluding hydrogens is 198 g/mol. The van der Waals surface area contributed by atoms with Gasteiger partial charge in [-0.15, -0.1) is 0 Å². The van der Waals surface area contributed by atoms with Crippen molar-refractivity contribution in [3.05, 3.63) is 0 Å². The highest BCUT2D eigenvalue weighted by atomic mass is 16.5. The van der Waals surface area contributed by atoms with Gasteiger partial charge in [-0.25, -0.2) is 0 Å². The van der Waals surface area contributed by atoms with Gasteiger partial charge in [0.15, 0.2) is 0 Å². The van der Waals surface area contributed by atoms with Gasteiger partial charge in [0.1, 0.15) is 6.54 Å². The van der Waals surface area contributed by atoms with E-state index in [9.17, 15) is 9.59 Å². The predicted molar refractivity (Wildman–Crippen MR) is 55.5 cm³/mol. The normalized spacial score (nSPS) is 12.2. The van der Waals surface area contributed by atoms with Crippen molar-refractivity contribution in [3.8, 4) is 0 Å². The lowest BCUT2D eigenvalue weighted by molar-refractivity contribution is -0.144. The maximum absolute atomic E-state index is 11.6. The molecule has 1 N–H and O–H groups in total. The zero-order valence-corrected chi connectivity index (χ0v) is 9.52. The molecule has 0 heterocycles. The van der Waals surface area contributed by atoms with Gasteiger partial charge < -0.3 is 14.7 Å². The molecule has 0 fully saturated rings. The molecule has 0 rings (SSSR count). The van der Waals surface area contributed by atoms with Crippen molar-refractivity contribution in [3.63, 3.8) is 0 Å². The lowest BCUT2D eigenvalue weighted by atomic mass is 10.1. The number of carbonyl (C=O) groups excluding carboxylic acids is 1. The molecular formula is C10H19NO4. The van der Waals surface area contributed by atoms with E-state index in [1.807, 2.05) is 6.92 Å². The van der Waals surface area contributed by atoms with Crippen molar-refractivity contribution in [1.82, 2.24) is 4.90 Å². The van der Waals surface area contributed by atoms with Crippen LogP contribution in [0.5, 0.6) is 0 Å². The summed E-state index contributed by atoms with van der Waals surface area (Å²) in [5.74, 6) is -1.00. The SMILES string of the molecule is CCN(CC(=O)O)C(=O)CC(C)COC. The molecule has 0 radical (unpaired) electrons. The lowest BCUT2D eigenvalue weighted by Gasteiger charge is -2.20. The summed E-state index contributed by atoms with van der Waals surface area (Å²) in [5, 5.41) is 8.58. The zero-order chi connectivity index (χ0) is 11.8. The number of ether oxygens (including phenoxy) is 1. The van der Waals surface area contributed by atoms with Gasteiger partial charge in [0.25, 0.3) is 0 Å². The number of nitrogens with zero attached hydrogens (tertiary/aromatic N) is 1. The first-order valence-corrected chi connectivity index (χ1v) is 4.99. The van der Waals surface area contributed by atoms with Gasteiger partial charge in [-0.2, -0.15) is 0 Å². The van der Waals surface area contributed by atoms with Crippen LogP contribution in [0.3, 0.4) is 0 Å². The summed E-state index contributed by atoms with van der Waals surface area (Å²) in [5.41, 5.74) is 0. The average Bonchev–Trinajstić information content (AvgIpc) is 2.13. The smallest absolute Gasteiger partial charge is 0.323 e. The van der Waals surface area contributed by atoms with Gasteiger partial charge in [-0.3, -0.25) is 9.59 Å². The Kier molecular flexibility index (Phi) is 6.70. The third-order valence-electron chi connectivity index (χ3n) is 2.03. The highest BCUT2D eigenvalue weighted by molar-refractivity contribution is 5.81. The zero-order valence-electron chi connectivity index (χ0n) is 9.52. The van der Waals surface area contributed by atoms with Crippen LogP contribution < -0.4 is 0 Å². The van der Waals surface area contributed by atoms with Gasteiger partial charge in [0, 0.05) is 26.7 Å². The molecule has 0 aliphatic carbocycles. The topological polar surface area (TPSA) is 66.8 Å². The van der Waals surface area contributed by atoms with Crippen LogP contribution in [0, 0.1) is 5.92 Å². The van der Waals surface area contributed by atoms with E-state index >= 15 is 0 Å². The second kappa shape index (κ2) is 7.23. The second-order valence-electron chi connectivity index (χ2n) is 3.57. The molecule has 0 aromatic heterocycles. The molecule has 0 bridgehead atoms. The van der Waals surface area contributed by atoms with Crippen LogP contribution in [0.15, 0.2) is 0 Å². The number of amides is 1. The van der Waals surface area contributed by atoms with Gasteiger partial charge in [-0.1, -0.05) is 6.92 Å². The summed E-state index contributed by atoms with van der Waals surface area (Å²) in [6.45, 7) is 4.37. The molecule has 88 valence electrons. The number of hydrogen-bond acceptors (Lipinski definition) is 3. The summed E-state index contributed by atoms with van der Waals surface area (Å²) in [7, 11) is 1.58. The predicted octanol–water partition coefficient (Wildman–Crippen LogP) is 0.592. The Morgan fingerprint density at radius 1 is 1.47 bits per heavy atom. The van der Waals surface area contributed by atoms with Crippen molar-refractivity contribution in [2.24, 2.45) is 5.92 Å². The minimum atomic E-state index is -0.982. The van der Waals surface area contributed by atoms with E-state index in [-0.39, 0.29) is 18.4 Å². The first-order valence-electron chi connectivity index (χ1n) is 4.99. The van der Waals surface area contributed by atoms with Gasteiger partial charge in [-0.05, 0) is 12.8 Å². The Morgan fingerprint density at radius 3 is 2.47 bits per heavy atom. The monoisotopic (exact) mass is 217 g/mol. The van der Waals surface area contributed by atoms with Crippen LogP contribution in [0.25, 0.3) is 0 Å². The van der Waals surface area contributed by atoms with E-state index in [2.05, 4.69) is 0 Å². The standard InChI is InChI=1S/C10H19NO4/c1-4-11(6-10(13)14)9(12)5-8(2)7-15-3/h8H,4-7H2,1-3H3,(H,13,14). The molecule has 0 saturated heterocycles. The Labute approximate surface area is 90.0 Å². The molecule has 15 heavy (non-hydrogen) atoms. The maximum Gasteiger partial charge on any atom is 0.323 e. The molecule has 0 aliphatic rings. The van der Waals surface area contributed by atoms with Crippen LogP contribution in [0.4, 0.5) is 0 Å². The third kappa shape index (κ3) is 6.06. The van der Waals surface area contributed by atoms with E-state index < -0.39 is 5.97 Å². The number of hydrogen-bond donors (Lipinski definition) is 1. The Hall–Kier alpha value is -1.10. The second-order valence-corrected chi connectivity index (χ2v) is 3.57. The summed E-state index contributed by atoms with van der Waals surface area (Å²) in [4.78, 5) is 23.4. The number of methoxy groups -OCH3 is 1. The quantitative estimate of drug-likeness (QED) is 0.678. The third-order valence-corrected chi connectivity index (χ3v) is 2.03. The van der Waals surface area contributed by atoms with Gasteiger partial charge in [0.2, 0.25) is 5.91 Å². The van der Waals surface area contributed by atoms with E-state index in [1.54, 1.807) is 14.0 Å². The van der Waals surface area contributed by atoms with E-state index in [0.29, 0.717) is 19.6 Å². The number of rotatable bonds is 7. The van der Waals surface area contributed by atoms with Gasteiger partial charge >= 0.3 is 5.97 Å². The highest BCUT2D eigenvalue weighted by Gasteiger charge is 2.17. The van der Waals surface area contributed by atoms with E-state index in [4.69, 9.17) is 9.84 Å². The van der Waals surface area contributed by atoms with Crippen LogP contribution in [0.1, 0.15) is 20.3 Å². The fourth-order valence-electron chi connectivity index (χ4n) is 1.31. The lowest BCUT2D eigenvalue weighted by Crippen LogP contribution is -2.36. The molecule has 5 heteroatoms. The molecule has 5 nitrogen and oxygen atoms in total. The number of carbonyl (C=O) groups is 2. The Morgan fingerprint density at radius 2 is 2.07 bits per heavy atom. The molecule has 1 amide bonds. The summed E-state index contributed by atoms with van der Waals surface area (Å²) in [6, 6.07) is 0. The summed E-state index contributed by atoms with van der Waals surface area (Å²) >= 11 is 0. The maximum atomic E-state index is 11.6. The number of carboxylic acid groups (broad SMARTS) is 1. The van der Waals surface area contributed by atoms with Crippen molar-refractivity contribution in [2.75, 3.05) is 26.8 Å². The van der Waals surface area contributed by atoms with E-state index in [0.717, 1.165) is 0 Å². The summed E-state index contributed by atoms with van der Waals surface area (Å²) in [6.07, 6.45) is 0.328. The number of likely N-dealkylation sites (N-methyl/N-ethyl adjacent to an activating group) is 1. The average molecular weight is 217 g/mol. The minimum Gasteiger partial charge on any atom is -0.480 e. The van der Waals surface area contributed by atoms with Gasteiger partial charge in [0.05, 0.1) is 0 Å². The molecule has 0 aliphatic heterocycles. The largest absolute Gasteiger partial charge is 0.480 e. The fourth-order valence-corrected chi connectivity index (χ4v) is 1.31. The molecule has 0 spiro atoms. The van der Waals surface area contributed by atoms with E-state index in [1.165, 1.54) is 4.90 Å². The molecule has 0 aromatic carbocycles. The Bertz CT molecular complexity index is 217. The first kappa shape index (κ1) is 13.9. The molecule has 0 saturated carbocycles. The van der Waals surface area contributed by atoms with Crippen molar-refractivity contribution in [1.29, 1.82) is 0 Å². The van der Waals surface area contributed by atoms with Crippen LogP contribution in [-0.2, 0) is 14.3 Å².